The van der Waals surface area contributed by atoms with Gasteiger partial charge in [0.15, 0.2) is 0 Å². The first-order valence-corrected chi connectivity index (χ1v) is 17.7. The van der Waals surface area contributed by atoms with E-state index in [4.69, 9.17) is 23.9 Å². The second-order valence-electron chi connectivity index (χ2n) is 12.4. The summed E-state index contributed by atoms with van der Waals surface area (Å²) in [4.78, 5) is 31.4. The molecule has 2 saturated heterocycles. The third kappa shape index (κ3) is 9.08. The van der Waals surface area contributed by atoms with Crippen molar-refractivity contribution in [3.8, 4) is 17.2 Å². The highest BCUT2D eigenvalue weighted by molar-refractivity contribution is 7.99. The van der Waals surface area contributed by atoms with Gasteiger partial charge in [0.2, 0.25) is 0 Å². The number of hydrogen-bond acceptors (Lipinski definition) is 10. The number of nitro groups is 1. The maximum Gasteiger partial charge on any atom is 0.269 e. The van der Waals surface area contributed by atoms with Crippen LogP contribution in [0.4, 0.5) is 10.1 Å². The van der Waals surface area contributed by atoms with Crippen LogP contribution in [0.25, 0.3) is 10.9 Å². The molecular weight excluding hydrogens is 651 g/mol. The van der Waals surface area contributed by atoms with E-state index in [0.717, 1.165) is 69.8 Å². The number of halogens is 1. The van der Waals surface area contributed by atoms with Crippen LogP contribution in [0.1, 0.15) is 37.1 Å². The van der Waals surface area contributed by atoms with E-state index in [1.54, 1.807) is 41.6 Å². The van der Waals surface area contributed by atoms with Gasteiger partial charge in [0.1, 0.15) is 40.9 Å². The molecule has 2 aliphatic rings. The molecule has 260 valence electrons. The highest BCUT2D eigenvalue weighted by atomic mass is 32.2. The Bertz CT molecular complexity index is 1770. The number of nitrogens with zero attached hydrogens (tertiary/aromatic N) is 4. The lowest BCUT2D eigenvalue weighted by molar-refractivity contribution is -0.384. The Balaban J connectivity index is 1.08. The predicted octanol–water partition coefficient (Wildman–Crippen LogP) is 6.08. The highest BCUT2D eigenvalue weighted by Crippen LogP contribution is 2.28. The largest absolute Gasteiger partial charge is 0.497 e. The summed E-state index contributed by atoms with van der Waals surface area (Å²) in [6, 6.07) is 16.6. The Morgan fingerprint density at radius 1 is 0.980 bits per heavy atom. The van der Waals surface area contributed by atoms with Gasteiger partial charge in [-0.3, -0.25) is 24.4 Å². The SMILES string of the molecule is COc1ccc(Cn2c(CSC3CCOCC3)nc3cc(OCC4CCN(CCOc5ccc([N+](=O)[O-])cc5)CC4)cc(F)c3c2=O)cc1. The molecule has 0 unspecified atom stereocenters. The van der Waals surface area contributed by atoms with Crippen molar-refractivity contribution in [2.24, 2.45) is 5.92 Å². The van der Waals surface area contributed by atoms with Crippen LogP contribution in [-0.4, -0.2) is 77.8 Å². The Morgan fingerprint density at radius 3 is 2.39 bits per heavy atom. The van der Waals surface area contributed by atoms with Gasteiger partial charge in [0.25, 0.3) is 11.2 Å². The van der Waals surface area contributed by atoms with E-state index in [2.05, 4.69) is 4.90 Å². The molecule has 0 atom stereocenters. The van der Waals surface area contributed by atoms with Crippen LogP contribution in [0.3, 0.4) is 0 Å². The van der Waals surface area contributed by atoms with E-state index in [0.29, 0.717) is 53.0 Å². The molecule has 4 aromatic rings. The van der Waals surface area contributed by atoms with Crippen molar-refractivity contribution < 1.29 is 28.3 Å². The molecule has 13 heteroatoms. The Hall–Kier alpha value is -4.20. The maximum absolute atomic E-state index is 15.6. The molecule has 0 saturated carbocycles. The first kappa shape index (κ1) is 34.7. The van der Waals surface area contributed by atoms with E-state index in [1.807, 2.05) is 24.3 Å². The minimum absolute atomic E-state index is 0.0355. The summed E-state index contributed by atoms with van der Waals surface area (Å²) in [6.07, 6.45) is 3.75. The van der Waals surface area contributed by atoms with Crippen LogP contribution in [0.5, 0.6) is 17.2 Å². The molecule has 0 amide bonds. The zero-order chi connectivity index (χ0) is 34.2. The second-order valence-corrected chi connectivity index (χ2v) is 13.7. The lowest BCUT2D eigenvalue weighted by Crippen LogP contribution is -2.37. The van der Waals surface area contributed by atoms with E-state index < -0.39 is 16.3 Å². The fraction of sp³-hybridized carbons (Fsp3) is 0.444. The number of hydrogen-bond donors (Lipinski definition) is 0. The summed E-state index contributed by atoms with van der Waals surface area (Å²) < 4.78 is 39.9. The molecule has 1 aromatic heterocycles. The summed E-state index contributed by atoms with van der Waals surface area (Å²) >= 11 is 1.76. The quantitative estimate of drug-likeness (QED) is 0.114. The van der Waals surface area contributed by atoms with Gasteiger partial charge in [-0.1, -0.05) is 12.1 Å². The Kier molecular flexibility index (Phi) is 11.6. The number of likely N-dealkylation sites (tertiary alicyclic amines) is 1. The number of thioether (sulfide) groups is 1. The molecule has 0 radical (unpaired) electrons. The zero-order valence-corrected chi connectivity index (χ0v) is 28.4. The zero-order valence-electron chi connectivity index (χ0n) is 27.6. The van der Waals surface area contributed by atoms with Crippen molar-refractivity contribution in [2.75, 3.05) is 53.2 Å². The number of aromatic nitrogens is 2. The van der Waals surface area contributed by atoms with Crippen molar-refractivity contribution >= 4 is 28.4 Å². The molecule has 11 nitrogen and oxygen atoms in total. The molecular formula is C36H41FN4O7S. The van der Waals surface area contributed by atoms with Gasteiger partial charge in [0, 0.05) is 49.3 Å². The van der Waals surface area contributed by atoms with Crippen LogP contribution in [0, 0.1) is 21.8 Å². The summed E-state index contributed by atoms with van der Waals surface area (Å²) in [5, 5.41) is 11.2. The molecule has 3 heterocycles. The van der Waals surface area contributed by atoms with Crippen molar-refractivity contribution in [2.45, 2.75) is 43.2 Å². The maximum atomic E-state index is 15.6. The number of non-ortho nitro benzene ring substituents is 1. The normalized spacial score (nSPS) is 16.1. The molecule has 0 bridgehead atoms. The van der Waals surface area contributed by atoms with Gasteiger partial charge in [0.05, 0.1) is 36.5 Å². The van der Waals surface area contributed by atoms with Crippen LogP contribution in [-0.2, 0) is 17.0 Å². The molecule has 0 N–H and O–H groups in total. The fourth-order valence-electron chi connectivity index (χ4n) is 6.17. The average Bonchev–Trinajstić information content (AvgIpc) is 3.12. The van der Waals surface area contributed by atoms with Crippen molar-refractivity contribution in [1.29, 1.82) is 0 Å². The monoisotopic (exact) mass is 692 g/mol. The Labute approximate surface area is 288 Å². The molecule has 2 aliphatic heterocycles. The summed E-state index contributed by atoms with van der Waals surface area (Å²) in [5.41, 5.74) is 0.826. The second kappa shape index (κ2) is 16.5. The predicted molar refractivity (Wildman–Crippen MR) is 186 cm³/mol. The van der Waals surface area contributed by atoms with Gasteiger partial charge in [-0.2, -0.15) is 11.8 Å². The minimum atomic E-state index is -0.639. The minimum Gasteiger partial charge on any atom is -0.497 e. The summed E-state index contributed by atoms with van der Waals surface area (Å²) in [6.45, 7) is 5.17. The van der Waals surface area contributed by atoms with Gasteiger partial charge in [-0.15, -0.1) is 0 Å². The van der Waals surface area contributed by atoms with Crippen LogP contribution < -0.4 is 19.8 Å². The van der Waals surface area contributed by atoms with Crippen LogP contribution in [0.15, 0.2) is 65.5 Å². The Morgan fingerprint density at radius 2 is 1.69 bits per heavy atom. The van der Waals surface area contributed by atoms with Crippen LogP contribution in [0.2, 0.25) is 0 Å². The number of fused-ring (bicyclic) bond motifs is 1. The van der Waals surface area contributed by atoms with Crippen molar-refractivity contribution in [1.82, 2.24) is 14.5 Å². The smallest absolute Gasteiger partial charge is 0.269 e. The van der Waals surface area contributed by atoms with Gasteiger partial charge >= 0.3 is 0 Å². The lowest BCUT2D eigenvalue weighted by atomic mass is 9.98. The van der Waals surface area contributed by atoms with Crippen molar-refractivity contribution in [3.63, 3.8) is 0 Å². The summed E-state index contributed by atoms with van der Waals surface area (Å²) in [5.74, 6) is 2.49. The molecule has 6 rings (SSSR count). The molecule has 2 fully saturated rings. The van der Waals surface area contributed by atoms with E-state index in [1.165, 1.54) is 18.2 Å². The topological polar surface area (TPSA) is 118 Å². The molecule has 49 heavy (non-hydrogen) atoms. The standard InChI is InChI=1S/C36H41FN4O7S/c1-45-28-6-2-25(3-7-28)22-40-34(24-49-31-12-17-46-18-13-31)38-33-21-30(20-32(37)35(33)36(40)42)48-23-26-10-14-39(15-11-26)16-19-47-29-8-4-27(5-9-29)41(43)44/h2-9,20-21,26,31H,10-19,22-24H2,1H3. The first-order valence-electron chi connectivity index (χ1n) is 16.6. The third-order valence-corrected chi connectivity index (χ3v) is 10.5. The molecule has 0 spiro atoms. The van der Waals surface area contributed by atoms with E-state index in [-0.39, 0.29) is 17.6 Å². The van der Waals surface area contributed by atoms with Crippen LogP contribution >= 0.6 is 11.8 Å². The number of benzene rings is 3. The number of methoxy groups -OCH3 is 1. The van der Waals surface area contributed by atoms with E-state index >= 15 is 4.39 Å². The average molecular weight is 693 g/mol. The van der Waals surface area contributed by atoms with Gasteiger partial charge < -0.3 is 18.9 Å². The molecule has 0 aliphatic carbocycles. The fourth-order valence-corrected chi connectivity index (χ4v) is 7.30. The summed E-state index contributed by atoms with van der Waals surface area (Å²) in [7, 11) is 1.61. The van der Waals surface area contributed by atoms with Gasteiger partial charge in [-0.25, -0.2) is 9.37 Å². The van der Waals surface area contributed by atoms with Gasteiger partial charge in [-0.05, 0) is 74.5 Å². The highest BCUT2D eigenvalue weighted by Gasteiger charge is 2.22. The number of piperidine rings is 1. The number of rotatable bonds is 14. The first-order chi connectivity index (χ1) is 23.9. The number of nitro benzene ring substituents is 1. The van der Waals surface area contributed by atoms with Crippen molar-refractivity contribution in [3.05, 3.63) is 98.3 Å². The number of ether oxygens (including phenoxy) is 4. The lowest BCUT2D eigenvalue weighted by Gasteiger charge is -2.31. The molecule has 3 aromatic carbocycles. The third-order valence-electron chi connectivity index (χ3n) is 9.10. The van der Waals surface area contributed by atoms with E-state index in [9.17, 15) is 14.9 Å².